The average molecular weight is 656 g/mol. The third-order valence-corrected chi connectivity index (χ3v) is 8.91. The van der Waals surface area contributed by atoms with Gasteiger partial charge in [0.2, 0.25) is 23.6 Å². The second-order valence-electron chi connectivity index (χ2n) is 13.9. The van der Waals surface area contributed by atoms with Gasteiger partial charge in [-0.15, -0.1) is 0 Å². The SMILES string of the molecule is CC(C)CC1OC(=O)CCNC(=O)[C@H](C(C)C)N(C)C(=O)[C@H](C(C)C)N(C)C(=O)[C@H](Cc2ccccc2)NC(=O)[C@@H]2CCCN2C1=O. The van der Waals surface area contributed by atoms with Crippen molar-refractivity contribution < 1.29 is 33.5 Å². The van der Waals surface area contributed by atoms with Crippen LogP contribution < -0.4 is 10.6 Å². The maximum Gasteiger partial charge on any atom is 0.308 e. The molecule has 47 heavy (non-hydrogen) atoms. The summed E-state index contributed by atoms with van der Waals surface area (Å²) in [7, 11) is 3.08. The summed E-state index contributed by atoms with van der Waals surface area (Å²) < 4.78 is 5.66. The van der Waals surface area contributed by atoms with Crippen molar-refractivity contribution in [1.29, 1.82) is 0 Å². The number of cyclic esters (lactones) is 1. The molecule has 1 aromatic carbocycles. The Bertz CT molecular complexity index is 1280. The second kappa shape index (κ2) is 16.7. The lowest BCUT2D eigenvalue weighted by atomic mass is 9.96. The van der Waals surface area contributed by atoms with E-state index in [1.807, 2.05) is 71.9 Å². The first-order valence-electron chi connectivity index (χ1n) is 16.8. The predicted octanol–water partition coefficient (Wildman–Crippen LogP) is 2.15. The van der Waals surface area contributed by atoms with E-state index >= 15 is 0 Å². The van der Waals surface area contributed by atoms with Crippen LogP contribution in [0.25, 0.3) is 0 Å². The van der Waals surface area contributed by atoms with Crippen molar-refractivity contribution in [2.45, 2.75) is 104 Å². The first kappa shape index (κ1) is 37.5. The van der Waals surface area contributed by atoms with E-state index < -0.39 is 65.8 Å². The zero-order chi connectivity index (χ0) is 35.0. The molecular formula is C35H53N5O7. The minimum Gasteiger partial charge on any atom is -0.452 e. The molecule has 5 amide bonds. The minimum absolute atomic E-state index is 0.0186. The smallest absolute Gasteiger partial charge is 0.308 e. The summed E-state index contributed by atoms with van der Waals surface area (Å²) in [5, 5.41) is 5.67. The van der Waals surface area contributed by atoms with Crippen molar-refractivity contribution in [2.24, 2.45) is 17.8 Å². The maximum atomic E-state index is 14.3. The highest BCUT2D eigenvalue weighted by Gasteiger charge is 2.42. The average Bonchev–Trinajstić information content (AvgIpc) is 3.49. The Kier molecular flexibility index (Phi) is 13.4. The van der Waals surface area contributed by atoms with Gasteiger partial charge in [0.05, 0.1) is 6.42 Å². The number of carbonyl (C=O) groups is 6. The monoisotopic (exact) mass is 655 g/mol. The lowest BCUT2D eigenvalue weighted by Gasteiger charge is -2.38. The summed E-state index contributed by atoms with van der Waals surface area (Å²) in [5.74, 6) is -3.51. The van der Waals surface area contributed by atoms with Gasteiger partial charge in [-0.3, -0.25) is 28.8 Å². The Balaban J connectivity index is 2.08. The lowest BCUT2D eigenvalue weighted by Crippen LogP contribution is -2.61. The molecule has 5 atom stereocenters. The molecule has 2 N–H and O–H groups in total. The van der Waals surface area contributed by atoms with E-state index in [0.717, 1.165) is 5.56 Å². The molecule has 2 aliphatic rings. The molecule has 0 saturated carbocycles. The molecule has 12 nitrogen and oxygen atoms in total. The number of fused-ring (bicyclic) bond motifs is 1. The molecule has 260 valence electrons. The Morgan fingerprint density at radius 3 is 2.02 bits per heavy atom. The van der Waals surface area contributed by atoms with Crippen molar-refractivity contribution in [3.05, 3.63) is 35.9 Å². The van der Waals surface area contributed by atoms with Gasteiger partial charge in [-0.05, 0) is 42.6 Å². The minimum atomic E-state index is -1.10. The summed E-state index contributed by atoms with van der Waals surface area (Å²) in [4.78, 5) is 86.6. The fourth-order valence-electron chi connectivity index (χ4n) is 6.60. The summed E-state index contributed by atoms with van der Waals surface area (Å²) in [6.07, 6.45) is 0.120. The molecule has 2 aliphatic heterocycles. The summed E-state index contributed by atoms with van der Waals surface area (Å²) in [5.41, 5.74) is 0.808. The van der Waals surface area contributed by atoms with Crippen LogP contribution in [-0.2, 0) is 39.9 Å². The molecule has 12 heteroatoms. The maximum absolute atomic E-state index is 14.3. The lowest BCUT2D eigenvalue weighted by molar-refractivity contribution is -0.162. The molecule has 0 spiro atoms. The first-order chi connectivity index (χ1) is 22.1. The van der Waals surface area contributed by atoms with E-state index in [1.54, 1.807) is 7.05 Å². The van der Waals surface area contributed by atoms with Crippen LogP contribution in [0.5, 0.6) is 0 Å². The molecule has 2 fully saturated rings. The van der Waals surface area contributed by atoms with Gasteiger partial charge >= 0.3 is 5.97 Å². The number of amides is 5. The Morgan fingerprint density at radius 1 is 0.809 bits per heavy atom. The number of esters is 1. The molecule has 2 saturated heterocycles. The zero-order valence-electron chi connectivity index (χ0n) is 29.2. The molecule has 1 aromatic rings. The number of rotatable bonds is 6. The summed E-state index contributed by atoms with van der Waals surface area (Å²) in [6.45, 7) is 11.4. The molecule has 0 aromatic heterocycles. The highest BCUT2D eigenvalue weighted by molar-refractivity contribution is 5.96. The van der Waals surface area contributed by atoms with Crippen LogP contribution in [0.15, 0.2) is 30.3 Å². The molecular weight excluding hydrogens is 602 g/mol. The van der Waals surface area contributed by atoms with Crippen molar-refractivity contribution in [2.75, 3.05) is 27.2 Å². The number of nitrogens with one attached hydrogen (secondary N) is 2. The molecule has 0 bridgehead atoms. The van der Waals surface area contributed by atoms with Gasteiger partial charge in [-0.1, -0.05) is 71.9 Å². The number of hydrogen-bond acceptors (Lipinski definition) is 7. The van der Waals surface area contributed by atoms with E-state index in [9.17, 15) is 28.8 Å². The molecule has 2 heterocycles. The normalized spacial score (nSPS) is 26.2. The Morgan fingerprint density at radius 2 is 1.43 bits per heavy atom. The van der Waals surface area contributed by atoms with Gasteiger partial charge in [-0.25, -0.2) is 0 Å². The van der Waals surface area contributed by atoms with Crippen molar-refractivity contribution in [3.8, 4) is 0 Å². The van der Waals surface area contributed by atoms with Crippen LogP contribution in [0.2, 0.25) is 0 Å². The van der Waals surface area contributed by atoms with Gasteiger partial charge in [0.1, 0.15) is 24.2 Å². The van der Waals surface area contributed by atoms with Gasteiger partial charge in [0.15, 0.2) is 6.10 Å². The van der Waals surface area contributed by atoms with Crippen LogP contribution in [0, 0.1) is 17.8 Å². The van der Waals surface area contributed by atoms with Crippen molar-refractivity contribution in [1.82, 2.24) is 25.3 Å². The number of hydrogen-bond donors (Lipinski definition) is 2. The summed E-state index contributed by atoms with van der Waals surface area (Å²) in [6, 6.07) is 5.54. The Hall–Kier alpha value is -3.96. The standard InChI is InChI=1S/C35H53N5O7/c1-21(2)19-27-34(45)40-18-12-15-26(40)31(42)37-25(20-24-13-10-9-11-14-24)33(44)39(8)30(23(5)6)35(46)38(7)29(22(3)4)32(43)36-17-16-28(41)47-27/h9-11,13-14,21-23,25-27,29-30H,12,15-20H2,1-8H3,(H,36,43)(H,37,42)/t25-,26-,27?,29-,30-/m0/s1. The van der Waals surface area contributed by atoms with E-state index in [2.05, 4.69) is 10.6 Å². The van der Waals surface area contributed by atoms with E-state index in [-0.39, 0.29) is 43.6 Å². The van der Waals surface area contributed by atoms with Crippen LogP contribution in [0.3, 0.4) is 0 Å². The topological polar surface area (TPSA) is 145 Å². The third-order valence-electron chi connectivity index (χ3n) is 8.91. The Labute approximate surface area is 278 Å². The highest BCUT2D eigenvalue weighted by Crippen LogP contribution is 2.24. The number of ether oxygens (including phenoxy) is 1. The van der Waals surface area contributed by atoms with Gasteiger partial charge < -0.3 is 30.1 Å². The zero-order valence-corrected chi connectivity index (χ0v) is 29.2. The van der Waals surface area contributed by atoms with Crippen LogP contribution in [0.4, 0.5) is 0 Å². The fraction of sp³-hybridized carbons (Fsp3) is 0.657. The van der Waals surface area contributed by atoms with E-state index in [0.29, 0.717) is 19.4 Å². The van der Waals surface area contributed by atoms with Gasteiger partial charge in [0, 0.05) is 33.6 Å². The van der Waals surface area contributed by atoms with Crippen molar-refractivity contribution >= 4 is 35.5 Å². The van der Waals surface area contributed by atoms with Crippen molar-refractivity contribution in [3.63, 3.8) is 0 Å². The van der Waals surface area contributed by atoms with Crippen LogP contribution >= 0.6 is 0 Å². The van der Waals surface area contributed by atoms with Crippen LogP contribution in [0.1, 0.15) is 72.8 Å². The second-order valence-corrected chi connectivity index (χ2v) is 13.9. The van der Waals surface area contributed by atoms with Gasteiger partial charge in [-0.2, -0.15) is 0 Å². The van der Waals surface area contributed by atoms with Crippen LogP contribution in [-0.4, -0.2) is 108 Å². The third kappa shape index (κ3) is 9.54. The number of likely N-dealkylation sites (N-methyl/N-ethyl adjacent to an activating group) is 2. The largest absolute Gasteiger partial charge is 0.452 e. The molecule has 1 unspecified atom stereocenters. The molecule has 3 rings (SSSR count). The molecule has 0 radical (unpaired) electrons. The highest BCUT2D eigenvalue weighted by atomic mass is 16.5. The van der Waals surface area contributed by atoms with Gasteiger partial charge in [0.25, 0.3) is 5.91 Å². The van der Waals surface area contributed by atoms with E-state index in [1.165, 1.54) is 21.7 Å². The number of nitrogens with zero attached hydrogens (tertiary/aromatic N) is 3. The fourth-order valence-corrected chi connectivity index (χ4v) is 6.60. The number of benzene rings is 1. The first-order valence-corrected chi connectivity index (χ1v) is 16.8. The quantitative estimate of drug-likeness (QED) is 0.447. The summed E-state index contributed by atoms with van der Waals surface area (Å²) >= 11 is 0. The molecule has 0 aliphatic carbocycles. The van der Waals surface area contributed by atoms with E-state index in [4.69, 9.17) is 4.74 Å². The predicted molar refractivity (Wildman–Crippen MR) is 177 cm³/mol. The number of carbonyl (C=O) groups excluding carboxylic acids is 6.